The second kappa shape index (κ2) is 5.92. The Kier molecular flexibility index (Phi) is 4.71. The molecule has 0 aromatic rings. The van der Waals surface area contributed by atoms with E-state index in [-0.39, 0.29) is 0 Å². The van der Waals surface area contributed by atoms with Crippen LogP contribution >= 0.6 is 0 Å². The molecule has 1 N–H and O–H groups in total. The van der Waals surface area contributed by atoms with Gasteiger partial charge in [-0.3, -0.25) is 4.90 Å². The van der Waals surface area contributed by atoms with Crippen molar-refractivity contribution in [2.75, 3.05) is 6.54 Å². The van der Waals surface area contributed by atoms with Gasteiger partial charge in [-0.05, 0) is 52.5 Å². The van der Waals surface area contributed by atoms with Crippen LogP contribution in [0, 0.1) is 0 Å². The number of piperidine rings is 2. The van der Waals surface area contributed by atoms with Gasteiger partial charge in [-0.2, -0.15) is 0 Å². The smallest absolute Gasteiger partial charge is 0.0159 e. The lowest BCUT2D eigenvalue weighted by Gasteiger charge is -2.56. The van der Waals surface area contributed by atoms with Crippen LogP contribution in [0.2, 0.25) is 0 Å². The molecule has 2 aliphatic heterocycles. The van der Waals surface area contributed by atoms with Gasteiger partial charge in [-0.25, -0.2) is 0 Å². The highest BCUT2D eigenvalue weighted by atomic mass is 15.3. The minimum absolute atomic E-state index is 0.404. The summed E-state index contributed by atoms with van der Waals surface area (Å²) < 4.78 is 0. The fourth-order valence-corrected chi connectivity index (χ4v) is 4.57. The van der Waals surface area contributed by atoms with Gasteiger partial charge in [0.1, 0.15) is 0 Å². The molecule has 2 aliphatic rings. The predicted molar refractivity (Wildman–Crippen MR) is 79.0 cm³/mol. The van der Waals surface area contributed by atoms with E-state index in [0.717, 1.165) is 24.7 Å². The molecule has 2 nitrogen and oxygen atoms in total. The predicted octanol–water partition coefficient (Wildman–Crippen LogP) is 3.56. The molecule has 0 aromatic carbocycles. The summed E-state index contributed by atoms with van der Waals surface area (Å²) in [6.07, 6.45) is 9.68. The Hall–Kier alpha value is -0.0800. The van der Waals surface area contributed by atoms with Gasteiger partial charge in [0, 0.05) is 23.7 Å². The molecule has 2 unspecified atom stereocenters. The molecule has 2 heterocycles. The van der Waals surface area contributed by atoms with E-state index < -0.39 is 0 Å². The van der Waals surface area contributed by atoms with Crippen LogP contribution in [0.1, 0.15) is 72.6 Å². The number of fused-ring (bicyclic) bond motifs is 2. The van der Waals surface area contributed by atoms with Gasteiger partial charge in [-0.15, -0.1) is 0 Å². The van der Waals surface area contributed by atoms with Crippen molar-refractivity contribution in [3.8, 4) is 0 Å². The zero-order valence-electron chi connectivity index (χ0n) is 12.8. The normalized spacial score (nSPS) is 33.7. The molecule has 0 spiro atoms. The quantitative estimate of drug-likeness (QED) is 0.805. The van der Waals surface area contributed by atoms with Gasteiger partial charge in [0.15, 0.2) is 0 Å². The van der Waals surface area contributed by atoms with Crippen molar-refractivity contribution in [2.45, 2.75) is 96.3 Å². The second-order valence-corrected chi connectivity index (χ2v) is 6.93. The molecule has 2 atom stereocenters. The van der Waals surface area contributed by atoms with Gasteiger partial charge < -0.3 is 5.32 Å². The maximum atomic E-state index is 3.69. The molecule has 0 radical (unpaired) electrons. The molecule has 0 aromatic heterocycles. The van der Waals surface area contributed by atoms with Crippen molar-refractivity contribution in [1.82, 2.24) is 10.2 Å². The molecule has 0 amide bonds. The second-order valence-electron chi connectivity index (χ2n) is 6.93. The van der Waals surface area contributed by atoms with E-state index in [1.807, 2.05) is 0 Å². The van der Waals surface area contributed by atoms with E-state index in [4.69, 9.17) is 0 Å². The van der Waals surface area contributed by atoms with E-state index in [9.17, 15) is 0 Å². The SMILES string of the molecule is CCCC(C)(C)N1C2CCCC1CC(NCC)C2. The molecule has 2 bridgehead atoms. The van der Waals surface area contributed by atoms with E-state index in [2.05, 4.69) is 37.9 Å². The average molecular weight is 252 g/mol. The van der Waals surface area contributed by atoms with Gasteiger partial charge in [0.05, 0.1) is 0 Å². The van der Waals surface area contributed by atoms with Gasteiger partial charge in [0.25, 0.3) is 0 Å². The molecule has 2 heteroatoms. The average Bonchev–Trinajstić information content (AvgIpc) is 2.27. The summed E-state index contributed by atoms with van der Waals surface area (Å²) in [5.74, 6) is 0. The minimum atomic E-state index is 0.404. The van der Waals surface area contributed by atoms with Crippen molar-refractivity contribution in [2.24, 2.45) is 0 Å². The molecule has 2 saturated heterocycles. The van der Waals surface area contributed by atoms with Gasteiger partial charge in [0.2, 0.25) is 0 Å². The maximum Gasteiger partial charge on any atom is 0.0159 e. The summed E-state index contributed by atoms with van der Waals surface area (Å²) >= 11 is 0. The summed E-state index contributed by atoms with van der Waals surface area (Å²) in [7, 11) is 0. The van der Waals surface area contributed by atoms with Gasteiger partial charge >= 0.3 is 0 Å². The van der Waals surface area contributed by atoms with Crippen molar-refractivity contribution >= 4 is 0 Å². The first-order valence-corrected chi connectivity index (χ1v) is 8.10. The summed E-state index contributed by atoms with van der Waals surface area (Å²) in [6, 6.07) is 2.45. The van der Waals surface area contributed by atoms with Crippen LogP contribution in [-0.4, -0.2) is 35.1 Å². The van der Waals surface area contributed by atoms with Crippen molar-refractivity contribution in [1.29, 1.82) is 0 Å². The van der Waals surface area contributed by atoms with E-state index in [0.29, 0.717) is 5.54 Å². The number of nitrogens with zero attached hydrogens (tertiary/aromatic N) is 1. The summed E-state index contributed by atoms with van der Waals surface area (Å²) in [4.78, 5) is 2.90. The first kappa shape index (κ1) is 14.3. The zero-order chi connectivity index (χ0) is 13.2. The van der Waals surface area contributed by atoms with Crippen LogP contribution in [-0.2, 0) is 0 Å². The Labute approximate surface area is 114 Å². The molecule has 0 saturated carbocycles. The lowest BCUT2D eigenvalue weighted by molar-refractivity contribution is -0.0515. The lowest BCUT2D eigenvalue weighted by atomic mass is 9.77. The van der Waals surface area contributed by atoms with Crippen LogP contribution in [0.25, 0.3) is 0 Å². The van der Waals surface area contributed by atoms with Crippen molar-refractivity contribution in [3.05, 3.63) is 0 Å². The maximum absolute atomic E-state index is 3.69. The Morgan fingerprint density at radius 1 is 1.11 bits per heavy atom. The fourth-order valence-electron chi connectivity index (χ4n) is 4.57. The molecule has 18 heavy (non-hydrogen) atoms. The standard InChI is InChI=1S/C16H32N2/c1-5-10-16(3,4)18-14-8-7-9-15(18)12-13(11-14)17-6-2/h13-15,17H,5-12H2,1-4H3. The number of nitrogens with one attached hydrogen (secondary N) is 1. The fraction of sp³-hybridized carbons (Fsp3) is 1.00. The molecule has 2 fully saturated rings. The number of hydrogen-bond acceptors (Lipinski definition) is 2. The molecule has 106 valence electrons. The molecular formula is C16H32N2. The monoisotopic (exact) mass is 252 g/mol. The van der Waals surface area contributed by atoms with Crippen LogP contribution in [0.15, 0.2) is 0 Å². The van der Waals surface area contributed by atoms with Crippen molar-refractivity contribution in [3.63, 3.8) is 0 Å². The topological polar surface area (TPSA) is 15.3 Å². The molecular weight excluding hydrogens is 220 g/mol. The molecule has 2 rings (SSSR count). The van der Waals surface area contributed by atoms with Crippen LogP contribution in [0.3, 0.4) is 0 Å². The zero-order valence-corrected chi connectivity index (χ0v) is 12.8. The van der Waals surface area contributed by atoms with E-state index in [1.54, 1.807) is 0 Å². The third-order valence-corrected chi connectivity index (χ3v) is 5.03. The highest BCUT2D eigenvalue weighted by molar-refractivity contribution is 5.00. The first-order chi connectivity index (χ1) is 8.58. The van der Waals surface area contributed by atoms with E-state index in [1.165, 1.54) is 44.9 Å². The van der Waals surface area contributed by atoms with Gasteiger partial charge in [-0.1, -0.05) is 26.7 Å². The Balaban J connectivity index is 2.08. The Morgan fingerprint density at radius 3 is 2.22 bits per heavy atom. The number of rotatable bonds is 5. The minimum Gasteiger partial charge on any atom is -0.314 e. The largest absolute Gasteiger partial charge is 0.314 e. The Bertz CT molecular complexity index is 248. The van der Waals surface area contributed by atoms with Crippen LogP contribution in [0.5, 0.6) is 0 Å². The summed E-state index contributed by atoms with van der Waals surface area (Å²) in [5.41, 5.74) is 0.404. The van der Waals surface area contributed by atoms with Crippen molar-refractivity contribution < 1.29 is 0 Å². The summed E-state index contributed by atoms with van der Waals surface area (Å²) in [6.45, 7) is 10.6. The first-order valence-electron chi connectivity index (χ1n) is 8.10. The highest BCUT2D eigenvalue weighted by Gasteiger charge is 2.43. The number of hydrogen-bond donors (Lipinski definition) is 1. The molecule has 0 aliphatic carbocycles. The third-order valence-electron chi connectivity index (χ3n) is 5.03. The van der Waals surface area contributed by atoms with E-state index >= 15 is 0 Å². The summed E-state index contributed by atoms with van der Waals surface area (Å²) in [5, 5.41) is 3.69. The van der Waals surface area contributed by atoms with Crippen LogP contribution in [0.4, 0.5) is 0 Å². The van der Waals surface area contributed by atoms with Crippen LogP contribution < -0.4 is 5.32 Å². The Morgan fingerprint density at radius 2 is 1.72 bits per heavy atom. The highest BCUT2D eigenvalue weighted by Crippen LogP contribution is 2.40. The lowest BCUT2D eigenvalue weighted by Crippen LogP contribution is -2.63. The third kappa shape index (κ3) is 2.91.